The second kappa shape index (κ2) is 7.55. The second-order valence-corrected chi connectivity index (χ2v) is 12.1. The zero-order valence-corrected chi connectivity index (χ0v) is 20.0. The third-order valence-corrected chi connectivity index (χ3v) is 9.04. The summed E-state index contributed by atoms with van der Waals surface area (Å²) in [4.78, 5) is 14.0. The lowest BCUT2D eigenvalue weighted by atomic mass is 10.1. The Morgan fingerprint density at radius 1 is 1.10 bits per heavy atom. The summed E-state index contributed by atoms with van der Waals surface area (Å²) in [6.07, 6.45) is 3.64. The Balaban J connectivity index is 0.00000245. The molecule has 0 saturated carbocycles. The van der Waals surface area contributed by atoms with Crippen molar-refractivity contribution in [2.45, 2.75) is 24.0 Å². The Hall–Kier alpha value is -2.55. The van der Waals surface area contributed by atoms with Crippen molar-refractivity contribution >= 4 is 58.4 Å². The van der Waals surface area contributed by atoms with Crippen LogP contribution in [0, 0.1) is 0 Å². The van der Waals surface area contributed by atoms with E-state index >= 15 is 0 Å². The quantitative estimate of drug-likeness (QED) is 0.290. The molecular formula is C23H20BrN3O2S2. The number of fused-ring (bicyclic) bond motifs is 2. The van der Waals surface area contributed by atoms with E-state index in [1.807, 2.05) is 12.3 Å². The molecule has 5 aromatic rings. The van der Waals surface area contributed by atoms with Crippen LogP contribution in [0.5, 0.6) is 0 Å². The van der Waals surface area contributed by atoms with E-state index in [9.17, 15) is 8.42 Å². The van der Waals surface area contributed by atoms with Gasteiger partial charge in [0.1, 0.15) is 5.52 Å². The number of H-pyrrole nitrogens is 1. The number of hydrogen-bond acceptors (Lipinski definition) is 5. The van der Waals surface area contributed by atoms with Crippen molar-refractivity contribution in [2.24, 2.45) is 0 Å². The van der Waals surface area contributed by atoms with Gasteiger partial charge in [0.05, 0.1) is 22.0 Å². The Bertz CT molecular complexity index is 1540. The first kappa shape index (κ1) is 20.4. The van der Waals surface area contributed by atoms with Crippen LogP contribution in [0.1, 0.15) is 15.3 Å². The molecule has 3 heterocycles. The van der Waals surface area contributed by atoms with Crippen molar-refractivity contribution in [3.05, 3.63) is 65.4 Å². The molecule has 3 aromatic heterocycles. The zero-order chi connectivity index (χ0) is 21.8. The van der Waals surface area contributed by atoms with Gasteiger partial charge < -0.3 is 4.98 Å². The summed E-state index contributed by atoms with van der Waals surface area (Å²) in [5.74, 6) is 0. The lowest BCUT2D eigenvalue weighted by Crippen LogP contribution is -2.13. The first-order chi connectivity index (χ1) is 14.8. The van der Waals surface area contributed by atoms with Gasteiger partial charge in [-0.25, -0.2) is 18.4 Å². The van der Waals surface area contributed by atoms with Gasteiger partial charge in [-0.15, -0.1) is 11.3 Å². The summed E-state index contributed by atoms with van der Waals surface area (Å²) in [7, 11) is -3.30. The fourth-order valence-electron chi connectivity index (χ4n) is 3.45. The number of aromatic nitrogens is 3. The summed E-state index contributed by atoms with van der Waals surface area (Å²) < 4.78 is 27.0. The fourth-order valence-corrected chi connectivity index (χ4v) is 5.95. The van der Waals surface area contributed by atoms with Gasteiger partial charge in [0.2, 0.25) is 0 Å². The zero-order valence-electron chi connectivity index (χ0n) is 16.8. The number of halogens is 1. The van der Waals surface area contributed by atoms with Gasteiger partial charge in [0.15, 0.2) is 15.5 Å². The lowest BCUT2D eigenvalue weighted by Gasteiger charge is -2.08. The van der Waals surface area contributed by atoms with Gasteiger partial charge in [0.25, 0.3) is 0 Å². The average Bonchev–Trinajstić information content (AvgIpc) is 3.36. The third-order valence-electron chi connectivity index (χ3n) is 5.22. The van der Waals surface area contributed by atoms with Crippen LogP contribution in [0.25, 0.3) is 42.9 Å². The SMILES string of the molecule is CC(C)S(=O)(=O)c1ccc(-c2cnc3[nH]cc(-c4cc5cc(Br)ccc5s4)c3n2)cc1.[HH]. The molecule has 0 atom stereocenters. The maximum Gasteiger partial charge on any atom is 0.180 e. The molecule has 0 bridgehead atoms. The van der Waals surface area contributed by atoms with Crippen molar-refractivity contribution in [1.82, 2.24) is 15.0 Å². The van der Waals surface area contributed by atoms with Crippen LogP contribution in [0.2, 0.25) is 0 Å². The fraction of sp³-hybridized carbons (Fsp3) is 0.130. The van der Waals surface area contributed by atoms with Gasteiger partial charge in [0, 0.05) is 32.8 Å². The van der Waals surface area contributed by atoms with Crippen molar-refractivity contribution in [3.8, 4) is 21.7 Å². The molecule has 5 rings (SSSR count). The number of sulfone groups is 1. The molecule has 0 radical (unpaired) electrons. The number of hydrogen-bond donors (Lipinski definition) is 1. The van der Waals surface area contributed by atoms with Gasteiger partial charge in [-0.3, -0.25) is 0 Å². The van der Waals surface area contributed by atoms with Crippen LogP contribution in [0.4, 0.5) is 0 Å². The highest BCUT2D eigenvalue weighted by Gasteiger charge is 2.19. The van der Waals surface area contributed by atoms with Crippen LogP contribution in [-0.2, 0) is 9.84 Å². The molecule has 0 amide bonds. The minimum absolute atomic E-state index is 0. The van der Waals surface area contributed by atoms with Crippen molar-refractivity contribution in [1.29, 1.82) is 0 Å². The van der Waals surface area contributed by atoms with Crippen molar-refractivity contribution in [2.75, 3.05) is 0 Å². The lowest BCUT2D eigenvalue weighted by molar-refractivity contribution is 0.587. The van der Waals surface area contributed by atoms with Gasteiger partial charge in [-0.2, -0.15) is 0 Å². The van der Waals surface area contributed by atoms with Gasteiger partial charge in [-0.05, 0) is 55.6 Å². The smallest absolute Gasteiger partial charge is 0.180 e. The molecule has 0 unspecified atom stereocenters. The Morgan fingerprint density at radius 2 is 1.87 bits per heavy atom. The summed E-state index contributed by atoms with van der Waals surface area (Å²) in [5, 5.41) is 0.716. The van der Waals surface area contributed by atoms with E-state index in [0.717, 1.165) is 31.6 Å². The highest BCUT2D eigenvalue weighted by atomic mass is 79.9. The van der Waals surface area contributed by atoms with E-state index in [-0.39, 0.29) is 1.43 Å². The minimum Gasteiger partial charge on any atom is -0.344 e. The highest BCUT2D eigenvalue weighted by Crippen LogP contribution is 2.37. The standard InChI is InChI=1S/C23H18BrN3O2S2.H2/c1-13(2)31(28,29)17-6-3-14(4-7-17)19-12-26-23-22(27-19)18(11-25-23)21-10-15-9-16(24)5-8-20(15)30-21;/h3-13H,1-2H3,(H,25,26);1H. The number of rotatable bonds is 4. The van der Waals surface area contributed by atoms with Crippen LogP contribution in [0.15, 0.2) is 70.3 Å². The van der Waals surface area contributed by atoms with Gasteiger partial charge >= 0.3 is 0 Å². The largest absolute Gasteiger partial charge is 0.344 e. The Morgan fingerprint density at radius 3 is 2.61 bits per heavy atom. The third kappa shape index (κ3) is 3.58. The molecule has 0 spiro atoms. The van der Waals surface area contributed by atoms with E-state index in [2.05, 4.69) is 44.1 Å². The molecule has 0 fully saturated rings. The molecule has 0 aliphatic rings. The van der Waals surface area contributed by atoms with E-state index in [0.29, 0.717) is 10.6 Å². The molecule has 158 valence electrons. The average molecular weight is 514 g/mol. The first-order valence-corrected chi connectivity index (χ1v) is 12.9. The summed E-state index contributed by atoms with van der Waals surface area (Å²) >= 11 is 5.24. The summed E-state index contributed by atoms with van der Waals surface area (Å²) in [6.45, 7) is 3.37. The summed E-state index contributed by atoms with van der Waals surface area (Å²) in [6, 6.07) is 15.3. The Kier molecular flexibility index (Phi) is 4.96. The number of benzene rings is 2. The molecular weight excluding hydrogens is 494 g/mol. The van der Waals surface area contributed by atoms with E-state index in [1.165, 1.54) is 10.1 Å². The normalized spacial score (nSPS) is 12.3. The second-order valence-electron chi connectivity index (χ2n) is 7.57. The molecule has 2 aromatic carbocycles. The number of nitrogens with zero attached hydrogens (tertiary/aromatic N) is 2. The van der Waals surface area contributed by atoms with E-state index in [1.54, 1.807) is 55.6 Å². The molecule has 0 aliphatic heterocycles. The van der Waals surface area contributed by atoms with E-state index < -0.39 is 15.1 Å². The monoisotopic (exact) mass is 513 g/mol. The number of thiophene rings is 1. The summed E-state index contributed by atoms with van der Waals surface area (Å²) in [5.41, 5.74) is 4.04. The van der Waals surface area contributed by atoms with Crippen LogP contribution in [-0.4, -0.2) is 28.6 Å². The van der Waals surface area contributed by atoms with Crippen LogP contribution >= 0.6 is 27.3 Å². The maximum atomic E-state index is 12.4. The number of aromatic amines is 1. The molecule has 31 heavy (non-hydrogen) atoms. The van der Waals surface area contributed by atoms with Crippen LogP contribution in [0.3, 0.4) is 0 Å². The maximum absolute atomic E-state index is 12.4. The van der Waals surface area contributed by atoms with Crippen molar-refractivity contribution < 1.29 is 9.84 Å². The van der Waals surface area contributed by atoms with E-state index in [4.69, 9.17) is 4.98 Å². The molecule has 1 N–H and O–H groups in total. The minimum atomic E-state index is -3.30. The first-order valence-electron chi connectivity index (χ1n) is 9.71. The van der Waals surface area contributed by atoms with Crippen molar-refractivity contribution in [3.63, 3.8) is 0 Å². The molecule has 0 aliphatic carbocycles. The molecule has 5 nitrogen and oxygen atoms in total. The molecule has 0 saturated heterocycles. The Labute approximate surface area is 193 Å². The molecule has 8 heteroatoms. The highest BCUT2D eigenvalue weighted by molar-refractivity contribution is 9.10. The predicted octanol–water partition coefficient (Wildman–Crippen LogP) is 6.70. The topological polar surface area (TPSA) is 75.7 Å². The number of nitrogens with one attached hydrogen (secondary N) is 1. The predicted molar refractivity (Wildman–Crippen MR) is 132 cm³/mol. The van der Waals surface area contributed by atoms with Gasteiger partial charge in [-0.1, -0.05) is 28.1 Å². The van der Waals surface area contributed by atoms with Crippen LogP contribution < -0.4 is 0 Å².